The van der Waals surface area contributed by atoms with Crippen LogP contribution in [0.15, 0.2) is 23.1 Å². The van der Waals surface area contributed by atoms with Gasteiger partial charge in [-0.15, -0.1) is 0 Å². The summed E-state index contributed by atoms with van der Waals surface area (Å²) in [6.45, 7) is 0. The van der Waals surface area contributed by atoms with Gasteiger partial charge in [-0.2, -0.15) is 0 Å². The summed E-state index contributed by atoms with van der Waals surface area (Å²) in [5, 5.41) is 4.98. The van der Waals surface area contributed by atoms with Gasteiger partial charge < -0.3 is 4.74 Å². The first-order valence-electron chi connectivity index (χ1n) is 3.77. The molecule has 1 aromatic rings. The molecule has 0 radical (unpaired) electrons. The maximum Gasteiger partial charge on any atom is 0.339 e. The predicted molar refractivity (Wildman–Crippen MR) is 61.9 cm³/mol. The maximum absolute atomic E-state index is 11.2. The minimum Gasteiger partial charge on any atom is -0.465 e. The molecule has 5 nitrogen and oxygen atoms in total. The molecule has 0 heterocycles. The summed E-state index contributed by atoms with van der Waals surface area (Å²) >= 11 is 1.93. The summed E-state index contributed by atoms with van der Waals surface area (Å²) in [7, 11) is -2.74. The molecule has 0 aliphatic carbocycles. The second-order valence-electron chi connectivity index (χ2n) is 2.68. The quantitative estimate of drug-likeness (QED) is 0.635. The van der Waals surface area contributed by atoms with E-state index in [0.717, 1.165) is 0 Å². The number of esters is 1. The number of carbonyl (C=O) groups excluding carboxylic acids is 1. The SMILES string of the molecule is COC(=O)c1ccc(I)cc1S(N)(=O)=O. The third kappa shape index (κ3) is 2.89. The molecule has 7 heteroatoms. The molecule has 0 atom stereocenters. The number of hydrogen-bond donors (Lipinski definition) is 1. The number of halogens is 1. The second-order valence-corrected chi connectivity index (χ2v) is 5.45. The lowest BCUT2D eigenvalue weighted by atomic mass is 10.2. The average molecular weight is 341 g/mol. The van der Waals surface area contributed by atoms with Crippen LogP contribution in [0.1, 0.15) is 10.4 Å². The zero-order chi connectivity index (χ0) is 11.6. The van der Waals surface area contributed by atoms with Crippen LogP contribution >= 0.6 is 22.6 Å². The molecule has 1 rings (SSSR count). The van der Waals surface area contributed by atoms with Crippen LogP contribution in [0.25, 0.3) is 0 Å². The molecule has 0 aliphatic rings. The van der Waals surface area contributed by atoms with Gasteiger partial charge in [0, 0.05) is 3.57 Å². The van der Waals surface area contributed by atoms with Crippen molar-refractivity contribution in [3.05, 3.63) is 27.3 Å². The molecule has 82 valence electrons. The van der Waals surface area contributed by atoms with E-state index in [9.17, 15) is 13.2 Å². The number of benzene rings is 1. The molecule has 0 saturated heterocycles. The Bertz CT molecular complexity index is 497. The summed E-state index contributed by atoms with van der Waals surface area (Å²) < 4.78 is 27.5. The fourth-order valence-corrected chi connectivity index (χ4v) is 2.46. The van der Waals surface area contributed by atoms with Gasteiger partial charge in [-0.1, -0.05) is 0 Å². The van der Waals surface area contributed by atoms with E-state index >= 15 is 0 Å². The maximum atomic E-state index is 11.2. The Hall–Kier alpha value is -0.670. The van der Waals surface area contributed by atoms with Gasteiger partial charge in [0.1, 0.15) is 0 Å². The number of carbonyl (C=O) groups is 1. The van der Waals surface area contributed by atoms with Gasteiger partial charge >= 0.3 is 5.97 Å². The van der Waals surface area contributed by atoms with Crippen LogP contribution in [-0.4, -0.2) is 21.5 Å². The topological polar surface area (TPSA) is 86.5 Å². The van der Waals surface area contributed by atoms with Crippen LogP contribution in [0.4, 0.5) is 0 Å². The van der Waals surface area contributed by atoms with Crippen LogP contribution in [0, 0.1) is 3.57 Å². The first kappa shape index (κ1) is 12.4. The lowest BCUT2D eigenvalue weighted by molar-refractivity contribution is 0.0596. The summed E-state index contributed by atoms with van der Waals surface area (Å²) in [5.41, 5.74) is -0.0552. The molecule has 0 aliphatic heterocycles. The van der Waals surface area contributed by atoms with Crippen molar-refractivity contribution >= 4 is 38.6 Å². The number of nitrogens with two attached hydrogens (primary N) is 1. The van der Waals surface area contributed by atoms with Crippen LogP contribution in [-0.2, 0) is 14.8 Å². The Labute approximate surface area is 101 Å². The van der Waals surface area contributed by atoms with Gasteiger partial charge in [-0.25, -0.2) is 18.4 Å². The van der Waals surface area contributed by atoms with Gasteiger partial charge in [-0.05, 0) is 40.8 Å². The van der Waals surface area contributed by atoms with Crippen molar-refractivity contribution in [1.29, 1.82) is 0 Å². The monoisotopic (exact) mass is 341 g/mol. The van der Waals surface area contributed by atoms with Crippen molar-refractivity contribution in [1.82, 2.24) is 0 Å². The fraction of sp³-hybridized carbons (Fsp3) is 0.125. The Balaban J connectivity index is 3.47. The Kier molecular flexibility index (Phi) is 3.68. The molecular weight excluding hydrogens is 333 g/mol. The van der Waals surface area contributed by atoms with Gasteiger partial charge in [0.25, 0.3) is 0 Å². The number of methoxy groups -OCH3 is 1. The fourth-order valence-electron chi connectivity index (χ4n) is 1.01. The van der Waals surface area contributed by atoms with E-state index in [4.69, 9.17) is 5.14 Å². The van der Waals surface area contributed by atoms with Crippen LogP contribution in [0.2, 0.25) is 0 Å². The number of hydrogen-bond acceptors (Lipinski definition) is 4. The first-order chi connectivity index (χ1) is 6.86. The highest BCUT2D eigenvalue weighted by molar-refractivity contribution is 14.1. The highest BCUT2D eigenvalue weighted by Crippen LogP contribution is 2.18. The minimum absolute atomic E-state index is 0.0552. The van der Waals surface area contributed by atoms with Crippen molar-refractivity contribution in [3.63, 3.8) is 0 Å². The zero-order valence-corrected chi connectivity index (χ0v) is 10.7. The van der Waals surface area contributed by atoms with E-state index in [1.807, 2.05) is 22.6 Å². The third-order valence-corrected chi connectivity index (χ3v) is 3.28. The van der Waals surface area contributed by atoms with E-state index in [1.165, 1.54) is 19.2 Å². The normalized spacial score (nSPS) is 11.1. The molecule has 1 aromatic carbocycles. The molecule has 0 saturated carbocycles. The summed E-state index contributed by atoms with van der Waals surface area (Å²) in [6.07, 6.45) is 0. The average Bonchev–Trinajstić information content (AvgIpc) is 2.15. The van der Waals surface area contributed by atoms with Crippen LogP contribution < -0.4 is 5.14 Å². The Morgan fingerprint density at radius 1 is 1.47 bits per heavy atom. The smallest absolute Gasteiger partial charge is 0.339 e. The molecule has 0 unspecified atom stereocenters. The lowest BCUT2D eigenvalue weighted by Gasteiger charge is -2.05. The molecule has 15 heavy (non-hydrogen) atoms. The van der Waals surface area contributed by atoms with Crippen molar-refractivity contribution in [2.24, 2.45) is 5.14 Å². The van der Waals surface area contributed by atoms with E-state index in [1.54, 1.807) is 6.07 Å². The number of ether oxygens (including phenoxy) is 1. The van der Waals surface area contributed by atoms with E-state index < -0.39 is 16.0 Å². The van der Waals surface area contributed by atoms with E-state index in [-0.39, 0.29) is 10.5 Å². The van der Waals surface area contributed by atoms with Crippen molar-refractivity contribution in [2.75, 3.05) is 7.11 Å². The first-order valence-corrected chi connectivity index (χ1v) is 6.39. The zero-order valence-electron chi connectivity index (χ0n) is 7.73. The highest BCUT2D eigenvalue weighted by atomic mass is 127. The van der Waals surface area contributed by atoms with Crippen LogP contribution in [0.3, 0.4) is 0 Å². The number of primary sulfonamides is 1. The number of sulfonamides is 1. The van der Waals surface area contributed by atoms with Gasteiger partial charge in [0.15, 0.2) is 0 Å². The minimum atomic E-state index is -3.92. The number of rotatable bonds is 2. The summed E-state index contributed by atoms with van der Waals surface area (Å²) in [6, 6.07) is 4.29. The summed E-state index contributed by atoms with van der Waals surface area (Å²) in [4.78, 5) is 11.0. The van der Waals surface area contributed by atoms with Crippen molar-refractivity contribution < 1.29 is 17.9 Å². The molecule has 0 fully saturated rings. The molecule has 0 spiro atoms. The molecule has 0 amide bonds. The van der Waals surface area contributed by atoms with Crippen molar-refractivity contribution in [2.45, 2.75) is 4.90 Å². The largest absolute Gasteiger partial charge is 0.465 e. The lowest BCUT2D eigenvalue weighted by Crippen LogP contribution is -2.17. The van der Waals surface area contributed by atoms with Gasteiger partial charge in [0.05, 0.1) is 17.6 Å². The highest BCUT2D eigenvalue weighted by Gasteiger charge is 2.19. The Morgan fingerprint density at radius 2 is 2.07 bits per heavy atom. The van der Waals surface area contributed by atoms with Crippen LogP contribution in [0.5, 0.6) is 0 Å². The second kappa shape index (κ2) is 4.45. The standard InChI is InChI=1S/C8H8INO4S/c1-14-8(11)6-3-2-5(9)4-7(6)15(10,12)13/h2-4H,1H3,(H2,10,12,13). The molecule has 2 N–H and O–H groups in total. The van der Waals surface area contributed by atoms with E-state index in [0.29, 0.717) is 3.57 Å². The summed E-state index contributed by atoms with van der Waals surface area (Å²) in [5.74, 6) is -0.726. The third-order valence-electron chi connectivity index (χ3n) is 1.66. The molecule has 0 aromatic heterocycles. The van der Waals surface area contributed by atoms with Crippen molar-refractivity contribution in [3.8, 4) is 0 Å². The van der Waals surface area contributed by atoms with Gasteiger partial charge in [-0.3, -0.25) is 0 Å². The predicted octanol–water partition coefficient (Wildman–Crippen LogP) is 0.725. The molecule has 0 bridgehead atoms. The Morgan fingerprint density at radius 3 is 2.53 bits per heavy atom. The molecular formula is C8H8INO4S. The van der Waals surface area contributed by atoms with Gasteiger partial charge in [0.2, 0.25) is 10.0 Å². The van der Waals surface area contributed by atoms with E-state index in [2.05, 4.69) is 4.74 Å².